The average Bonchev–Trinajstić information content (AvgIpc) is 3.15. The maximum absolute atomic E-state index is 11.9. The number of ether oxygens (including phenoxy) is 1. The topological polar surface area (TPSA) is 75.6 Å². The Hall–Kier alpha value is -1.56. The van der Waals surface area contributed by atoms with E-state index >= 15 is 0 Å². The van der Waals surface area contributed by atoms with Crippen LogP contribution in [0.25, 0.3) is 0 Å². The number of hydrogen-bond acceptors (Lipinski definition) is 3. The number of carbonyl (C=O) groups excluding carboxylic acids is 1. The van der Waals surface area contributed by atoms with Gasteiger partial charge in [0.1, 0.15) is 11.3 Å². The standard InChI is InChI=1S/C14H16BrNO4/c1-7-5-9(15)6-11(14(18)19)12(7)20-8(2)13(17)16-10-3-4-10/h5-6,8,10H,3-4H2,1-2H3,(H,16,17)(H,18,19). The molecule has 0 radical (unpaired) electrons. The smallest absolute Gasteiger partial charge is 0.339 e. The van der Waals surface area contributed by atoms with E-state index in [1.54, 1.807) is 19.9 Å². The number of halogens is 1. The number of hydrogen-bond donors (Lipinski definition) is 2. The largest absolute Gasteiger partial charge is 0.480 e. The summed E-state index contributed by atoms with van der Waals surface area (Å²) in [5.41, 5.74) is 0.714. The molecule has 0 aromatic heterocycles. The molecule has 1 aliphatic carbocycles. The number of aryl methyl sites for hydroxylation is 1. The van der Waals surface area contributed by atoms with Gasteiger partial charge in [-0.3, -0.25) is 4.79 Å². The Morgan fingerprint density at radius 3 is 2.65 bits per heavy atom. The molecule has 5 nitrogen and oxygen atoms in total. The first kappa shape index (κ1) is 14.8. The minimum absolute atomic E-state index is 0.0444. The molecule has 0 aliphatic heterocycles. The van der Waals surface area contributed by atoms with E-state index in [-0.39, 0.29) is 23.3 Å². The number of carbonyl (C=O) groups is 2. The SMILES string of the molecule is Cc1cc(Br)cc(C(=O)O)c1OC(C)C(=O)NC1CC1. The maximum Gasteiger partial charge on any atom is 0.339 e. The van der Waals surface area contributed by atoms with Gasteiger partial charge in [0.15, 0.2) is 6.10 Å². The number of aromatic carboxylic acids is 1. The molecule has 0 bridgehead atoms. The van der Waals surface area contributed by atoms with Gasteiger partial charge in [0, 0.05) is 10.5 Å². The lowest BCUT2D eigenvalue weighted by atomic mass is 10.1. The molecule has 1 aliphatic rings. The van der Waals surface area contributed by atoms with Gasteiger partial charge >= 0.3 is 5.97 Å². The molecule has 20 heavy (non-hydrogen) atoms. The molecule has 1 aromatic carbocycles. The molecule has 1 aromatic rings. The van der Waals surface area contributed by atoms with Crippen LogP contribution in [-0.4, -0.2) is 29.1 Å². The van der Waals surface area contributed by atoms with Crippen molar-refractivity contribution < 1.29 is 19.4 Å². The molecule has 2 N–H and O–H groups in total. The first-order valence-corrected chi connectivity index (χ1v) is 7.18. The van der Waals surface area contributed by atoms with Crippen molar-refractivity contribution >= 4 is 27.8 Å². The monoisotopic (exact) mass is 341 g/mol. The number of carboxylic acid groups (broad SMARTS) is 1. The molecule has 1 amide bonds. The Morgan fingerprint density at radius 1 is 1.45 bits per heavy atom. The molecule has 0 saturated heterocycles. The number of amides is 1. The third-order valence-electron chi connectivity index (χ3n) is 3.06. The summed E-state index contributed by atoms with van der Waals surface area (Å²) in [4.78, 5) is 23.1. The van der Waals surface area contributed by atoms with Gasteiger partial charge in [-0.15, -0.1) is 0 Å². The highest BCUT2D eigenvalue weighted by molar-refractivity contribution is 9.10. The van der Waals surface area contributed by atoms with Gasteiger partial charge in [-0.1, -0.05) is 15.9 Å². The van der Waals surface area contributed by atoms with Crippen LogP contribution in [0.15, 0.2) is 16.6 Å². The minimum atomic E-state index is -1.08. The zero-order valence-electron chi connectivity index (χ0n) is 11.3. The van der Waals surface area contributed by atoms with Crippen molar-refractivity contribution in [3.8, 4) is 5.75 Å². The van der Waals surface area contributed by atoms with Crippen molar-refractivity contribution in [1.82, 2.24) is 5.32 Å². The summed E-state index contributed by atoms with van der Waals surface area (Å²) in [5, 5.41) is 12.1. The highest BCUT2D eigenvalue weighted by Crippen LogP contribution is 2.29. The molecule has 1 fully saturated rings. The van der Waals surface area contributed by atoms with Crippen LogP contribution in [0.4, 0.5) is 0 Å². The van der Waals surface area contributed by atoms with E-state index in [4.69, 9.17) is 4.74 Å². The number of benzene rings is 1. The second-order valence-corrected chi connectivity index (χ2v) is 5.86. The van der Waals surface area contributed by atoms with Gasteiger partial charge < -0.3 is 15.2 Å². The van der Waals surface area contributed by atoms with Crippen molar-refractivity contribution in [3.05, 3.63) is 27.7 Å². The fourth-order valence-corrected chi connectivity index (χ4v) is 2.39. The molecule has 0 spiro atoms. The van der Waals surface area contributed by atoms with Crippen molar-refractivity contribution in [3.63, 3.8) is 0 Å². The number of nitrogens with one attached hydrogen (secondary N) is 1. The lowest BCUT2D eigenvalue weighted by Crippen LogP contribution is -2.37. The second-order valence-electron chi connectivity index (χ2n) is 4.95. The van der Waals surface area contributed by atoms with Crippen molar-refractivity contribution in [2.75, 3.05) is 0 Å². The van der Waals surface area contributed by atoms with Gasteiger partial charge in [-0.05, 0) is 44.4 Å². The van der Waals surface area contributed by atoms with Crippen LogP contribution < -0.4 is 10.1 Å². The van der Waals surface area contributed by atoms with Crippen LogP contribution in [-0.2, 0) is 4.79 Å². The van der Waals surface area contributed by atoms with Gasteiger partial charge in [0.2, 0.25) is 0 Å². The quantitative estimate of drug-likeness (QED) is 0.862. The predicted octanol–water partition coefficient (Wildman–Crippen LogP) is 2.50. The van der Waals surface area contributed by atoms with E-state index in [1.165, 1.54) is 6.07 Å². The van der Waals surface area contributed by atoms with E-state index in [0.717, 1.165) is 12.8 Å². The zero-order valence-corrected chi connectivity index (χ0v) is 12.9. The Morgan fingerprint density at radius 2 is 2.10 bits per heavy atom. The first-order valence-electron chi connectivity index (χ1n) is 6.39. The Kier molecular flexibility index (Phi) is 4.32. The summed E-state index contributed by atoms with van der Waals surface area (Å²) in [6.45, 7) is 3.36. The predicted molar refractivity (Wildman–Crippen MR) is 77.1 cm³/mol. The molecular weight excluding hydrogens is 326 g/mol. The van der Waals surface area contributed by atoms with Gasteiger partial charge in [0.25, 0.3) is 5.91 Å². The lowest BCUT2D eigenvalue weighted by Gasteiger charge is -2.18. The fourth-order valence-electron chi connectivity index (χ4n) is 1.82. The van der Waals surface area contributed by atoms with E-state index in [0.29, 0.717) is 10.0 Å². The third kappa shape index (κ3) is 3.50. The highest BCUT2D eigenvalue weighted by Gasteiger charge is 2.27. The zero-order chi connectivity index (χ0) is 14.9. The fraction of sp³-hybridized carbons (Fsp3) is 0.429. The molecule has 6 heteroatoms. The first-order chi connectivity index (χ1) is 9.38. The summed E-state index contributed by atoms with van der Waals surface area (Å²) in [6, 6.07) is 3.47. The summed E-state index contributed by atoms with van der Waals surface area (Å²) >= 11 is 3.25. The lowest BCUT2D eigenvalue weighted by molar-refractivity contribution is -0.127. The summed E-state index contributed by atoms with van der Waals surface area (Å²) in [5.74, 6) is -1.07. The van der Waals surface area contributed by atoms with E-state index in [9.17, 15) is 14.7 Å². The van der Waals surface area contributed by atoms with Crippen LogP contribution in [0, 0.1) is 6.92 Å². The Bertz CT molecular complexity index is 554. The van der Waals surface area contributed by atoms with Crippen LogP contribution >= 0.6 is 15.9 Å². The molecule has 1 unspecified atom stereocenters. The molecule has 108 valence electrons. The van der Waals surface area contributed by atoms with Crippen LogP contribution in [0.5, 0.6) is 5.75 Å². The normalized spacial score (nSPS) is 15.6. The molecule has 1 saturated carbocycles. The van der Waals surface area contributed by atoms with Crippen molar-refractivity contribution in [1.29, 1.82) is 0 Å². The van der Waals surface area contributed by atoms with Gasteiger partial charge in [-0.25, -0.2) is 4.79 Å². The van der Waals surface area contributed by atoms with Crippen molar-refractivity contribution in [2.45, 2.75) is 38.8 Å². The summed E-state index contributed by atoms with van der Waals surface area (Å²) in [7, 11) is 0. The average molecular weight is 342 g/mol. The summed E-state index contributed by atoms with van der Waals surface area (Å²) < 4.78 is 6.23. The van der Waals surface area contributed by atoms with E-state index < -0.39 is 12.1 Å². The molecule has 1 atom stereocenters. The third-order valence-corrected chi connectivity index (χ3v) is 3.52. The van der Waals surface area contributed by atoms with Crippen molar-refractivity contribution in [2.24, 2.45) is 0 Å². The summed E-state index contributed by atoms with van der Waals surface area (Å²) in [6.07, 6.45) is 1.26. The minimum Gasteiger partial charge on any atom is -0.480 e. The van der Waals surface area contributed by atoms with Crippen LogP contribution in [0.2, 0.25) is 0 Å². The Balaban J connectivity index is 2.18. The number of rotatable bonds is 5. The maximum atomic E-state index is 11.9. The molecular formula is C14H16BrNO4. The Labute approximate surface area is 125 Å². The van der Waals surface area contributed by atoms with Gasteiger partial charge in [0.05, 0.1) is 0 Å². The highest BCUT2D eigenvalue weighted by atomic mass is 79.9. The van der Waals surface area contributed by atoms with Gasteiger partial charge in [-0.2, -0.15) is 0 Å². The van der Waals surface area contributed by atoms with E-state index in [1.807, 2.05) is 0 Å². The van der Waals surface area contributed by atoms with Crippen LogP contribution in [0.3, 0.4) is 0 Å². The second kappa shape index (κ2) is 5.83. The number of carboxylic acids is 1. The van der Waals surface area contributed by atoms with E-state index in [2.05, 4.69) is 21.2 Å². The van der Waals surface area contributed by atoms with Crippen LogP contribution in [0.1, 0.15) is 35.7 Å². The molecule has 0 heterocycles. The molecule has 2 rings (SSSR count).